The lowest BCUT2D eigenvalue weighted by atomic mass is 10.2. The smallest absolute Gasteiger partial charge is 0.342 e. The number of benzene rings is 3. The number of thioether (sulfide) groups is 1. The number of hydrogen-bond donors (Lipinski definition) is 1. The number of fused-ring (bicyclic) bond motifs is 1. The molecule has 0 aliphatic heterocycles. The monoisotopic (exact) mass is 421 g/mol. The van der Waals surface area contributed by atoms with Gasteiger partial charge < -0.3 is 14.3 Å². The standard InChI is InChI=1S/C23H16FNO4S/c24-18-6-2-1-5-16(18)14-28-17-11-9-15(10-12-17)13-21(22(26)27)30-23-25-19-7-3-4-8-20(19)29-23/h1-13H,14H2,(H,26,27)/b21-13-. The number of hydrogen-bond acceptors (Lipinski definition) is 5. The van der Waals surface area contributed by atoms with Crippen molar-refractivity contribution in [2.75, 3.05) is 0 Å². The van der Waals surface area contributed by atoms with Gasteiger partial charge >= 0.3 is 5.97 Å². The lowest BCUT2D eigenvalue weighted by Gasteiger charge is -2.07. The average molecular weight is 421 g/mol. The van der Waals surface area contributed by atoms with Gasteiger partial charge in [0.1, 0.15) is 28.6 Å². The molecule has 30 heavy (non-hydrogen) atoms. The van der Waals surface area contributed by atoms with Crippen LogP contribution in [0.25, 0.3) is 17.2 Å². The zero-order valence-electron chi connectivity index (χ0n) is 15.6. The number of rotatable bonds is 7. The topological polar surface area (TPSA) is 72.6 Å². The summed E-state index contributed by atoms with van der Waals surface area (Å²) in [6.45, 7) is 0.107. The molecule has 0 atom stereocenters. The van der Waals surface area contributed by atoms with Gasteiger partial charge in [-0.1, -0.05) is 42.5 Å². The van der Waals surface area contributed by atoms with Crippen molar-refractivity contribution < 1.29 is 23.4 Å². The van der Waals surface area contributed by atoms with E-state index in [1.807, 2.05) is 12.1 Å². The zero-order chi connectivity index (χ0) is 20.9. The fourth-order valence-electron chi connectivity index (χ4n) is 2.71. The number of oxazole rings is 1. The Hall–Kier alpha value is -3.58. The molecule has 0 aliphatic carbocycles. The summed E-state index contributed by atoms with van der Waals surface area (Å²) in [5, 5.41) is 9.80. The number of nitrogens with zero attached hydrogens (tertiary/aromatic N) is 1. The summed E-state index contributed by atoms with van der Waals surface area (Å²) >= 11 is 0.942. The average Bonchev–Trinajstić information content (AvgIpc) is 3.16. The second-order valence-electron chi connectivity index (χ2n) is 6.31. The van der Waals surface area contributed by atoms with E-state index in [0.717, 1.165) is 11.8 Å². The Kier molecular flexibility index (Phi) is 5.81. The molecule has 0 bridgehead atoms. The molecule has 0 aliphatic rings. The number of aliphatic carboxylic acids is 1. The van der Waals surface area contributed by atoms with E-state index >= 15 is 0 Å². The number of carboxylic acid groups (broad SMARTS) is 1. The maximum atomic E-state index is 13.7. The van der Waals surface area contributed by atoms with E-state index in [9.17, 15) is 14.3 Å². The van der Waals surface area contributed by atoms with Crippen molar-refractivity contribution in [2.45, 2.75) is 11.8 Å². The SMILES string of the molecule is O=C(O)/C(=C/c1ccc(OCc2ccccc2F)cc1)Sc1nc2ccccc2o1. The lowest BCUT2D eigenvalue weighted by molar-refractivity contribution is -0.131. The van der Waals surface area contributed by atoms with Crippen LogP contribution in [0.3, 0.4) is 0 Å². The Morgan fingerprint density at radius 3 is 2.53 bits per heavy atom. The highest BCUT2D eigenvalue weighted by atomic mass is 32.2. The highest BCUT2D eigenvalue weighted by Gasteiger charge is 2.15. The maximum Gasteiger partial charge on any atom is 0.342 e. The molecule has 4 rings (SSSR count). The first-order valence-corrected chi connectivity index (χ1v) is 9.85. The molecular formula is C23H16FNO4S. The fraction of sp³-hybridized carbons (Fsp3) is 0.0435. The van der Waals surface area contributed by atoms with Gasteiger partial charge in [0.15, 0.2) is 5.58 Å². The molecule has 0 amide bonds. The largest absolute Gasteiger partial charge is 0.489 e. The number of carbonyl (C=O) groups is 1. The van der Waals surface area contributed by atoms with Crippen molar-refractivity contribution in [1.82, 2.24) is 4.98 Å². The van der Waals surface area contributed by atoms with Gasteiger partial charge in [-0.2, -0.15) is 0 Å². The minimum Gasteiger partial charge on any atom is -0.489 e. The zero-order valence-corrected chi connectivity index (χ0v) is 16.4. The number of aromatic nitrogens is 1. The second-order valence-corrected chi connectivity index (χ2v) is 7.31. The summed E-state index contributed by atoms with van der Waals surface area (Å²) < 4.78 is 24.9. The molecule has 0 unspecified atom stereocenters. The Labute approximate surface area is 175 Å². The fourth-order valence-corrected chi connectivity index (χ4v) is 3.46. The highest BCUT2D eigenvalue weighted by molar-refractivity contribution is 8.03. The van der Waals surface area contributed by atoms with Crippen molar-refractivity contribution in [2.24, 2.45) is 0 Å². The molecule has 1 N–H and O–H groups in total. The van der Waals surface area contributed by atoms with Crippen LogP contribution in [0.15, 0.2) is 87.3 Å². The van der Waals surface area contributed by atoms with Crippen molar-refractivity contribution in [3.05, 3.63) is 94.6 Å². The predicted octanol–water partition coefficient (Wildman–Crippen LogP) is 5.76. The van der Waals surface area contributed by atoms with E-state index < -0.39 is 5.97 Å². The van der Waals surface area contributed by atoms with Gasteiger partial charge in [-0.15, -0.1) is 0 Å². The Balaban J connectivity index is 1.47. The summed E-state index contributed by atoms with van der Waals surface area (Å²) in [4.78, 5) is 16.0. The van der Waals surface area contributed by atoms with E-state index in [4.69, 9.17) is 9.15 Å². The van der Waals surface area contributed by atoms with E-state index in [-0.39, 0.29) is 22.6 Å². The summed E-state index contributed by atoms with van der Waals surface area (Å²) in [7, 11) is 0. The van der Waals surface area contributed by atoms with Gasteiger partial charge in [-0.3, -0.25) is 0 Å². The molecule has 1 aromatic heterocycles. The molecule has 0 saturated carbocycles. The minimum absolute atomic E-state index is 0.0709. The number of ether oxygens (including phenoxy) is 1. The molecule has 150 valence electrons. The predicted molar refractivity (Wildman–Crippen MR) is 113 cm³/mol. The summed E-state index contributed by atoms with van der Waals surface area (Å²) in [5.74, 6) is -0.847. The molecule has 0 spiro atoms. The van der Waals surface area contributed by atoms with Gasteiger partial charge in [-0.25, -0.2) is 14.2 Å². The van der Waals surface area contributed by atoms with Crippen LogP contribution in [0.4, 0.5) is 4.39 Å². The third-order valence-corrected chi connectivity index (χ3v) is 5.07. The Morgan fingerprint density at radius 2 is 1.80 bits per heavy atom. The van der Waals surface area contributed by atoms with E-state index in [2.05, 4.69) is 4.98 Å². The van der Waals surface area contributed by atoms with Crippen LogP contribution in [-0.2, 0) is 11.4 Å². The normalized spacial score (nSPS) is 11.6. The third-order valence-electron chi connectivity index (χ3n) is 4.21. The summed E-state index contributed by atoms with van der Waals surface area (Å²) in [6, 6.07) is 20.5. The van der Waals surface area contributed by atoms with E-state index in [1.54, 1.807) is 54.6 Å². The van der Waals surface area contributed by atoms with Crippen LogP contribution in [0.1, 0.15) is 11.1 Å². The van der Waals surface area contributed by atoms with Gasteiger partial charge in [0.05, 0.1) is 0 Å². The molecule has 0 radical (unpaired) electrons. The minimum atomic E-state index is -1.08. The summed E-state index contributed by atoms with van der Waals surface area (Å²) in [6.07, 6.45) is 1.53. The summed E-state index contributed by atoms with van der Waals surface area (Å²) in [5.41, 5.74) is 2.40. The van der Waals surface area contributed by atoms with Crippen molar-refractivity contribution in [3.63, 3.8) is 0 Å². The van der Waals surface area contributed by atoms with Gasteiger partial charge in [0.25, 0.3) is 5.22 Å². The van der Waals surface area contributed by atoms with Gasteiger partial charge in [0, 0.05) is 5.56 Å². The number of carboxylic acids is 1. The lowest BCUT2D eigenvalue weighted by Crippen LogP contribution is -1.98. The van der Waals surface area contributed by atoms with Crippen LogP contribution in [-0.4, -0.2) is 16.1 Å². The van der Waals surface area contributed by atoms with Crippen molar-refractivity contribution in [3.8, 4) is 5.75 Å². The number of halogens is 1. The van der Waals surface area contributed by atoms with E-state index in [0.29, 0.717) is 28.0 Å². The van der Waals surface area contributed by atoms with E-state index in [1.165, 1.54) is 12.1 Å². The van der Waals surface area contributed by atoms with Gasteiger partial charge in [0.2, 0.25) is 0 Å². The maximum absolute atomic E-state index is 13.7. The first-order valence-electron chi connectivity index (χ1n) is 9.03. The van der Waals surface area contributed by atoms with Gasteiger partial charge in [-0.05, 0) is 53.7 Å². The van der Waals surface area contributed by atoms with Crippen LogP contribution >= 0.6 is 11.8 Å². The first kappa shape index (κ1) is 19.7. The van der Waals surface area contributed by atoms with Crippen LogP contribution < -0.4 is 4.74 Å². The van der Waals surface area contributed by atoms with Crippen LogP contribution in [0.2, 0.25) is 0 Å². The Morgan fingerprint density at radius 1 is 1.07 bits per heavy atom. The molecule has 0 fully saturated rings. The highest BCUT2D eigenvalue weighted by Crippen LogP contribution is 2.31. The molecule has 5 nitrogen and oxygen atoms in total. The molecular weight excluding hydrogens is 405 g/mol. The molecule has 1 heterocycles. The number of para-hydroxylation sites is 2. The first-order chi connectivity index (χ1) is 14.6. The molecule has 4 aromatic rings. The quantitative estimate of drug-likeness (QED) is 0.302. The molecule has 0 saturated heterocycles. The van der Waals surface area contributed by atoms with Crippen molar-refractivity contribution >= 4 is 34.9 Å². The Bertz CT molecular complexity index is 1180. The third kappa shape index (κ3) is 4.69. The molecule has 3 aromatic carbocycles. The van der Waals surface area contributed by atoms with Crippen molar-refractivity contribution in [1.29, 1.82) is 0 Å². The van der Waals surface area contributed by atoms with Crippen LogP contribution in [0.5, 0.6) is 5.75 Å². The molecule has 7 heteroatoms. The van der Waals surface area contributed by atoms with Crippen LogP contribution in [0, 0.1) is 5.82 Å². The second kappa shape index (κ2) is 8.84.